The van der Waals surface area contributed by atoms with Crippen molar-refractivity contribution in [1.82, 2.24) is 4.90 Å². The van der Waals surface area contributed by atoms with Crippen LogP contribution in [0.1, 0.15) is 56.4 Å². The Balaban J connectivity index is 1.81. The normalized spacial score (nSPS) is 13.1. The first-order valence-corrected chi connectivity index (χ1v) is 8.39. The van der Waals surface area contributed by atoms with E-state index in [-0.39, 0.29) is 17.7 Å². The van der Waals surface area contributed by atoms with Crippen molar-refractivity contribution in [1.29, 1.82) is 0 Å². The van der Waals surface area contributed by atoms with Gasteiger partial charge in [-0.25, -0.2) is 0 Å². The van der Waals surface area contributed by atoms with Crippen molar-refractivity contribution in [3.8, 4) is 0 Å². The average Bonchev–Trinajstić information content (AvgIpc) is 2.85. The minimum Gasteiger partial charge on any atom is -0.322 e. The van der Waals surface area contributed by atoms with E-state index in [9.17, 15) is 14.4 Å². The monoisotopic (exact) mass is 336 g/mol. The number of hydrogen-bond donors (Lipinski definition) is 1. The van der Waals surface area contributed by atoms with Gasteiger partial charge in [0.25, 0.3) is 17.7 Å². The molecule has 0 atom stereocenters. The van der Waals surface area contributed by atoms with Gasteiger partial charge in [0.05, 0.1) is 11.1 Å². The first-order chi connectivity index (χ1) is 12.0. The summed E-state index contributed by atoms with van der Waals surface area (Å²) in [6.07, 6.45) is 1.67. The summed E-state index contributed by atoms with van der Waals surface area (Å²) in [5, 5.41) is 2.80. The van der Waals surface area contributed by atoms with Crippen LogP contribution in [-0.2, 0) is 0 Å². The molecule has 5 heteroatoms. The summed E-state index contributed by atoms with van der Waals surface area (Å²) in [5.74, 6) is -0.906. The van der Waals surface area contributed by atoms with Crippen LogP contribution in [0.5, 0.6) is 0 Å². The summed E-state index contributed by atoms with van der Waals surface area (Å²) in [5.41, 5.74) is 2.82. The molecule has 0 aromatic heterocycles. The van der Waals surface area contributed by atoms with Gasteiger partial charge in [0.2, 0.25) is 0 Å². The Kier molecular flexibility index (Phi) is 4.65. The topological polar surface area (TPSA) is 66.5 Å². The molecule has 0 unspecified atom stereocenters. The van der Waals surface area contributed by atoms with Crippen LogP contribution in [0.2, 0.25) is 0 Å². The van der Waals surface area contributed by atoms with E-state index in [1.807, 2.05) is 38.1 Å². The van der Waals surface area contributed by atoms with Crippen molar-refractivity contribution in [2.45, 2.75) is 26.7 Å². The summed E-state index contributed by atoms with van der Waals surface area (Å²) >= 11 is 0. The molecule has 0 spiro atoms. The highest BCUT2D eigenvalue weighted by Gasteiger charge is 2.35. The van der Waals surface area contributed by atoms with Crippen LogP contribution >= 0.6 is 0 Å². The average molecular weight is 336 g/mol. The number of anilines is 1. The van der Waals surface area contributed by atoms with E-state index in [1.165, 1.54) is 11.0 Å². The molecule has 0 bridgehead atoms. The molecule has 3 rings (SSSR count). The van der Waals surface area contributed by atoms with Gasteiger partial charge in [-0.15, -0.1) is 0 Å². The molecule has 2 aromatic rings. The second kappa shape index (κ2) is 6.89. The Morgan fingerprint density at radius 2 is 1.68 bits per heavy atom. The fourth-order valence-corrected chi connectivity index (χ4v) is 2.79. The predicted octanol–water partition coefficient (Wildman–Crippen LogP) is 3.64. The molecular formula is C20H20N2O3. The van der Waals surface area contributed by atoms with Gasteiger partial charge in [-0.1, -0.05) is 31.0 Å². The maximum Gasteiger partial charge on any atom is 0.261 e. The third-order valence-corrected chi connectivity index (χ3v) is 4.28. The third-order valence-electron chi connectivity index (χ3n) is 4.28. The van der Waals surface area contributed by atoms with E-state index < -0.39 is 0 Å². The Labute approximate surface area is 146 Å². The largest absolute Gasteiger partial charge is 0.322 e. The number of nitrogens with one attached hydrogen (secondary N) is 1. The first-order valence-electron chi connectivity index (χ1n) is 8.39. The molecule has 1 N–H and O–H groups in total. The quantitative estimate of drug-likeness (QED) is 0.848. The molecule has 5 nitrogen and oxygen atoms in total. The zero-order chi connectivity index (χ0) is 18.0. The Morgan fingerprint density at radius 1 is 1.00 bits per heavy atom. The van der Waals surface area contributed by atoms with Crippen molar-refractivity contribution in [2.24, 2.45) is 0 Å². The minimum atomic E-state index is -0.321. The zero-order valence-electron chi connectivity index (χ0n) is 14.3. The lowest BCUT2D eigenvalue weighted by molar-refractivity contribution is 0.0652. The number of carbonyl (C=O) groups excluding carboxylic acids is 3. The van der Waals surface area contributed by atoms with Crippen LogP contribution in [0.3, 0.4) is 0 Å². The molecule has 1 heterocycles. The molecule has 0 saturated carbocycles. The fourth-order valence-electron chi connectivity index (χ4n) is 2.79. The fraction of sp³-hybridized carbons (Fsp3) is 0.250. The Hall–Kier alpha value is -2.95. The van der Waals surface area contributed by atoms with Crippen molar-refractivity contribution >= 4 is 23.4 Å². The predicted molar refractivity (Wildman–Crippen MR) is 95.8 cm³/mol. The maximum atomic E-state index is 12.5. The summed E-state index contributed by atoms with van der Waals surface area (Å²) in [4.78, 5) is 38.5. The van der Waals surface area contributed by atoms with Crippen molar-refractivity contribution in [2.75, 3.05) is 11.9 Å². The number of aryl methyl sites for hydroxylation is 1. The molecule has 0 saturated heterocycles. The molecule has 25 heavy (non-hydrogen) atoms. The molecule has 0 radical (unpaired) electrons. The van der Waals surface area contributed by atoms with Gasteiger partial charge in [-0.05, 0) is 43.7 Å². The lowest BCUT2D eigenvalue weighted by Gasteiger charge is -2.12. The van der Waals surface area contributed by atoms with Gasteiger partial charge in [0.1, 0.15) is 0 Å². The summed E-state index contributed by atoms with van der Waals surface area (Å²) in [6, 6.07) is 12.1. The van der Waals surface area contributed by atoms with Gasteiger partial charge in [0, 0.05) is 17.8 Å². The third kappa shape index (κ3) is 3.31. The van der Waals surface area contributed by atoms with E-state index in [2.05, 4.69) is 5.32 Å². The van der Waals surface area contributed by atoms with Crippen molar-refractivity contribution in [3.63, 3.8) is 0 Å². The van der Waals surface area contributed by atoms with Crippen molar-refractivity contribution < 1.29 is 14.4 Å². The van der Waals surface area contributed by atoms with Gasteiger partial charge >= 0.3 is 0 Å². The van der Waals surface area contributed by atoms with Crippen LogP contribution < -0.4 is 5.32 Å². The van der Waals surface area contributed by atoms with Crippen LogP contribution in [0.25, 0.3) is 0 Å². The lowest BCUT2D eigenvalue weighted by atomic mass is 10.1. The molecular weight excluding hydrogens is 316 g/mol. The SMILES string of the molecule is CCCCN1C(=O)c2ccc(C(=O)Nc3ccc(C)cc3)cc2C1=O. The van der Waals surface area contributed by atoms with Gasteiger partial charge in [-0.2, -0.15) is 0 Å². The smallest absolute Gasteiger partial charge is 0.261 e. The van der Waals surface area contributed by atoms with Gasteiger partial charge in [0.15, 0.2) is 0 Å². The van der Waals surface area contributed by atoms with Crippen LogP contribution in [0.15, 0.2) is 42.5 Å². The van der Waals surface area contributed by atoms with Crippen LogP contribution in [0, 0.1) is 6.92 Å². The molecule has 3 amide bonds. The van der Waals surface area contributed by atoms with Gasteiger partial charge in [-0.3, -0.25) is 19.3 Å². The van der Waals surface area contributed by atoms with E-state index >= 15 is 0 Å². The van der Waals surface area contributed by atoms with E-state index in [1.54, 1.807) is 12.1 Å². The number of rotatable bonds is 5. The molecule has 1 aliphatic rings. The maximum absolute atomic E-state index is 12.5. The van der Waals surface area contributed by atoms with Crippen LogP contribution in [-0.4, -0.2) is 29.2 Å². The first kappa shape index (κ1) is 16.9. The number of nitrogens with zero attached hydrogens (tertiary/aromatic N) is 1. The number of unbranched alkanes of at least 4 members (excludes halogenated alkanes) is 1. The second-order valence-electron chi connectivity index (χ2n) is 6.20. The Morgan fingerprint density at radius 3 is 2.36 bits per heavy atom. The van der Waals surface area contributed by atoms with E-state index in [0.717, 1.165) is 18.4 Å². The summed E-state index contributed by atoms with van der Waals surface area (Å²) in [7, 11) is 0. The van der Waals surface area contributed by atoms with Crippen molar-refractivity contribution in [3.05, 3.63) is 64.7 Å². The van der Waals surface area contributed by atoms with E-state index in [4.69, 9.17) is 0 Å². The number of carbonyl (C=O) groups is 3. The summed E-state index contributed by atoms with van der Waals surface area (Å²) in [6.45, 7) is 4.39. The highest BCUT2D eigenvalue weighted by atomic mass is 16.2. The van der Waals surface area contributed by atoms with Gasteiger partial charge < -0.3 is 5.32 Å². The molecule has 128 valence electrons. The lowest BCUT2D eigenvalue weighted by Crippen LogP contribution is -2.30. The molecule has 0 aliphatic carbocycles. The minimum absolute atomic E-state index is 0.279. The molecule has 1 aliphatic heterocycles. The highest BCUT2D eigenvalue weighted by molar-refractivity contribution is 6.22. The molecule has 2 aromatic carbocycles. The Bertz CT molecular complexity index is 841. The highest BCUT2D eigenvalue weighted by Crippen LogP contribution is 2.25. The number of fused-ring (bicyclic) bond motifs is 1. The number of hydrogen-bond acceptors (Lipinski definition) is 3. The number of benzene rings is 2. The standard InChI is InChI=1S/C20H20N2O3/c1-3-4-11-22-19(24)16-10-7-14(12-17(16)20(22)25)18(23)21-15-8-5-13(2)6-9-15/h5-10,12H,3-4,11H2,1-2H3,(H,21,23). The number of imide groups is 1. The molecule has 0 fully saturated rings. The second-order valence-corrected chi connectivity index (χ2v) is 6.20. The van der Waals surface area contributed by atoms with E-state index in [0.29, 0.717) is 28.9 Å². The van der Waals surface area contributed by atoms with Crippen LogP contribution in [0.4, 0.5) is 5.69 Å². The zero-order valence-corrected chi connectivity index (χ0v) is 14.3. The number of amides is 3. The summed E-state index contributed by atoms with van der Waals surface area (Å²) < 4.78 is 0.